The predicted molar refractivity (Wildman–Crippen MR) is 124 cm³/mol. The normalized spacial score (nSPS) is 10.7. The molecule has 0 aliphatic heterocycles. The van der Waals surface area contributed by atoms with E-state index in [9.17, 15) is 4.79 Å². The predicted octanol–water partition coefficient (Wildman–Crippen LogP) is 6.14. The summed E-state index contributed by atoms with van der Waals surface area (Å²) >= 11 is 4.93. The lowest BCUT2D eigenvalue weighted by molar-refractivity contribution is -0.118. The van der Waals surface area contributed by atoms with Crippen LogP contribution in [0.3, 0.4) is 0 Å². The number of hydrogen-bond donors (Lipinski definition) is 1. The SMILES string of the molecule is CCOc1cccc2sc(NC(=O)COc3ccc(-c4ccccc4)cc3Br)nc12. The number of aromatic nitrogens is 1. The molecule has 30 heavy (non-hydrogen) atoms. The highest BCUT2D eigenvalue weighted by molar-refractivity contribution is 9.10. The van der Waals surface area contributed by atoms with Crippen LogP contribution in [0.2, 0.25) is 0 Å². The average Bonchev–Trinajstić information content (AvgIpc) is 3.17. The maximum atomic E-state index is 12.4. The molecule has 0 spiro atoms. The first-order chi connectivity index (χ1) is 14.6. The lowest BCUT2D eigenvalue weighted by atomic mass is 10.1. The third kappa shape index (κ3) is 4.63. The zero-order chi connectivity index (χ0) is 20.9. The van der Waals surface area contributed by atoms with Crippen molar-refractivity contribution in [3.8, 4) is 22.6 Å². The molecule has 0 saturated carbocycles. The van der Waals surface area contributed by atoms with Crippen LogP contribution in [0.5, 0.6) is 11.5 Å². The molecule has 4 aromatic rings. The first-order valence-electron chi connectivity index (χ1n) is 9.44. The number of para-hydroxylation sites is 1. The Morgan fingerprint density at radius 1 is 1.00 bits per heavy atom. The van der Waals surface area contributed by atoms with Gasteiger partial charge in [-0.2, -0.15) is 0 Å². The molecule has 152 valence electrons. The van der Waals surface area contributed by atoms with E-state index in [4.69, 9.17) is 9.47 Å². The second kappa shape index (κ2) is 9.28. The summed E-state index contributed by atoms with van der Waals surface area (Å²) in [6, 6.07) is 21.6. The van der Waals surface area contributed by atoms with E-state index in [-0.39, 0.29) is 12.5 Å². The number of carbonyl (C=O) groups is 1. The van der Waals surface area contributed by atoms with E-state index in [0.29, 0.717) is 23.2 Å². The highest BCUT2D eigenvalue weighted by atomic mass is 79.9. The molecule has 1 aromatic heterocycles. The van der Waals surface area contributed by atoms with E-state index >= 15 is 0 Å². The van der Waals surface area contributed by atoms with E-state index in [0.717, 1.165) is 25.8 Å². The van der Waals surface area contributed by atoms with Crippen molar-refractivity contribution in [1.29, 1.82) is 0 Å². The monoisotopic (exact) mass is 482 g/mol. The highest BCUT2D eigenvalue weighted by Crippen LogP contribution is 2.33. The van der Waals surface area contributed by atoms with Crippen molar-refractivity contribution in [1.82, 2.24) is 4.98 Å². The molecule has 1 heterocycles. The summed E-state index contributed by atoms with van der Waals surface area (Å²) in [7, 11) is 0. The first-order valence-corrected chi connectivity index (χ1v) is 11.0. The fourth-order valence-electron chi connectivity index (χ4n) is 2.98. The van der Waals surface area contributed by atoms with Gasteiger partial charge >= 0.3 is 0 Å². The number of hydrogen-bond acceptors (Lipinski definition) is 5. The van der Waals surface area contributed by atoms with Crippen LogP contribution in [0, 0.1) is 0 Å². The second-order valence-corrected chi connectivity index (χ2v) is 8.29. The third-order valence-corrected chi connectivity index (χ3v) is 5.88. The molecule has 0 atom stereocenters. The van der Waals surface area contributed by atoms with E-state index in [1.807, 2.05) is 73.7 Å². The molecule has 7 heteroatoms. The Kier molecular flexibility index (Phi) is 6.30. The Morgan fingerprint density at radius 3 is 2.60 bits per heavy atom. The Balaban J connectivity index is 1.40. The number of ether oxygens (including phenoxy) is 2. The molecule has 1 N–H and O–H groups in total. The molecule has 0 saturated heterocycles. The number of carbonyl (C=O) groups excluding carboxylic acids is 1. The summed E-state index contributed by atoms with van der Waals surface area (Å²) in [6.07, 6.45) is 0. The summed E-state index contributed by atoms with van der Waals surface area (Å²) in [5.41, 5.74) is 2.93. The van der Waals surface area contributed by atoms with Gasteiger partial charge in [0, 0.05) is 0 Å². The van der Waals surface area contributed by atoms with Gasteiger partial charge in [0.1, 0.15) is 17.0 Å². The number of nitrogens with one attached hydrogen (secondary N) is 1. The van der Waals surface area contributed by atoms with Crippen molar-refractivity contribution in [2.75, 3.05) is 18.5 Å². The molecular weight excluding hydrogens is 464 g/mol. The van der Waals surface area contributed by atoms with Crippen molar-refractivity contribution in [2.45, 2.75) is 6.92 Å². The van der Waals surface area contributed by atoms with Gasteiger partial charge in [0.2, 0.25) is 0 Å². The molecule has 0 aliphatic carbocycles. The van der Waals surface area contributed by atoms with Gasteiger partial charge in [-0.3, -0.25) is 10.1 Å². The van der Waals surface area contributed by atoms with Crippen LogP contribution in [0.1, 0.15) is 6.92 Å². The van der Waals surface area contributed by atoms with Gasteiger partial charge < -0.3 is 9.47 Å². The quantitative estimate of drug-likeness (QED) is 0.343. The first kappa shape index (κ1) is 20.4. The zero-order valence-electron chi connectivity index (χ0n) is 16.2. The van der Waals surface area contributed by atoms with Crippen LogP contribution >= 0.6 is 27.3 Å². The third-order valence-electron chi connectivity index (χ3n) is 4.33. The number of fused-ring (bicyclic) bond motifs is 1. The number of nitrogens with zero attached hydrogens (tertiary/aromatic N) is 1. The Hall–Kier alpha value is -2.90. The van der Waals surface area contributed by atoms with E-state index in [1.165, 1.54) is 11.3 Å². The zero-order valence-corrected chi connectivity index (χ0v) is 18.6. The van der Waals surface area contributed by atoms with E-state index < -0.39 is 0 Å². The molecule has 0 unspecified atom stereocenters. The number of anilines is 1. The summed E-state index contributed by atoms with van der Waals surface area (Å²) < 4.78 is 13.0. The Labute approximate surface area is 186 Å². The van der Waals surface area contributed by atoms with Crippen molar-refractivity contribution < 1.29 is 14.3 Å². The lowest BCUT2D eigenvalue weighted by Crippen LogP contribution is -2.20. The molecular formula is C23H19BrN2O3S. The van der Waals surface area contributed by atoms with Gasteiger partial charge in [-0.15, -0.1) is 0 Å². The summed E-state index contributed by atoms with van der Waals surface area (Å²) in [5, 5.41) is 3.32. The van der Waals surface area contributed by atoms with Crippen LogP contribution in [-0.2, 0) is 4.79 Å². The minimum absolute atomic E-state index is 0.114. The van der Waals surface area contributed by atoms with Gasteiger partial charge in [0.15, 0.2) is 11.7 Å². The molecule has 1 amide bonds. The van der Waals surface area contributed by atoms with E-state index in [2.05, 4.69) is 26.2 Å². The van der Waals surface area contributed by atoms with Crippen molar-refractivity contribution in [2.24, 2.45) is 0 Å². The molecule has 4 rings (SSSR count). The van der Waals surface area contributed by atoms with Crippen LogP contribution in [-0.4, -0.2) is 24.1 Å². The van der Waals surface area contributed by atoms with Crippen molar-refractivity contribution in [3.63, 3.8) is 0 Å². The van der Waals surface area contributed by atoms with Crippen LogP contribution in [0.4, 0.5) is 5.13 Å². The number of thiazole rings is 1. The van der Waals surface area contributed by atoms with Crippen molar-refractivity contribution in [3.05, 3.63) is 71.2 Å². The Bertz CT molecular complexity index is 1180. The minimum Gasteiger partial charge on any atom is -0.492 e. The largest absolute Gasteiger partial charge is 0.492 e. The molecule has 3 aromatic carbocycles. The van der Waals surface area contributed by atoms with E-state index in [1.54, 1.807) is 0 Å². The minimum atomic E-state index is -0.272. The maximum Gasteiger partial charge on any atom is 0.264 e. The van der Waals surface area contributed by atoms with Crippen LogP contribution < -0.4 is 14.8 Å². The lowest BCUT2D eigenvalue weighted by Gasteiger charge is -2.09. The van der Waals surface area contributed by atoms with Crippen LogP contribution in [0.15, 0.2) is 71.2 Å². The van der Waals surface area contributed by atoms with Gasteiger partial charge in [-0.05, 0) is 58.2 Å². The number of amides is 1. The van der Waals surface area contributed by atoms with Gasteiger partial charge in [-0.1, -0.05) is 53.8 Å². The molecule has 0 radical (unpaired) electrons. The molecule has 0 bridgehead atoms. The second-order valence-electron chi connectivity index (χ2n) is 6.40. The summed E-state index contributed by atoms with van der Waals surface area (Å²) in [5.74, 6) is 1.05. The number of halogens is 1. The average molecular weight is 483 g/mol. The fourth-order valence-corrected chi connectivity index (χ4v) is 4.37. The van der Waals surface area contributed by atoms with Crippen molar-refractivity contribution >= 4 is 48.5 Å². The standard InChI is InChI=1S/C23H19BrN2O3S/c1-2-28-19-9-6-10-20-22(19)26-23(30-20)25-21(27)14-29-18-12-11-16(13-17(18)24)15-7-4-3-5-8-15/h3-13H,2,14H2,1H3,(H,25,26,27). The summed E-state index contributed by atoms with van der Waals surface area (Å²) in [6.45, 7) is 2.37. The van der Waals surface area contributed by atoms with Gasteiger partial charge in [0.05, 0.1) is 15.8 Å². The summed E-state index contributed by atoms with van der Waals surface area (Å²) in [4.78, 5) is 16.8. The highest BCUT2D eigenvalue weighted by Gasteiger charge is 2.12. The van der Waals surface area contributed by atoms with Gasteiger partial charge in [0.25, 0.3) is 5.91 Å². The van der Waals surface area contributed by atoms with Gasteiger partial charge in [-0.25, -0.2) is 4.98 Å². The molecule has 5 nitrogen and oxygen atoms in total. The smallest absolute Gasteiger partial charge is 0.264 e. The topological polar surface area (TPSA) is 60.5 Å². The molecule has 0 fully saturated rings. The number of rotatable bonds is 7. The van der Waals surface area contributed by atoms with Crippen LogP contribution in [0.25, 0.3) is 21.3 Å². The number of benzene rings is 3. The maximum absolute atomic E-state index is 12.4. The Morgan fingerprint density at radius 2 is 1.83 bits per heavy atom. The fraction of sp³-hybridized carbons (Fsp3) is 0.130. The molecule has 0 aliphatic rings.